The van der Waals surface area contributed by atoms with Crippen molar-refractivity contribution in [2.24, 2.45) is 0 Å². The van der Waals surface area contributed by atoms with Crippen molar-refractivity contribution in [3.8, 4) is 0 Å². The zero-order valence-electron chi connectivity index (χ0n) is 11.7. The lowest BCUT2D eigenvalue weighted by molar-refractivity contribution is 0.575. The molecule has 0 saturated carbocycles. The topological polar surface area (TPSA) is 41.1 Å². The smallest absolute Gasteiger partial charge is 0.225 e. The van der Waals surface area contributed by atoms with Crippen LogP contribution in [-0.2, 0) is 0 Å². The third-order valence-electron chi connectivity index (χ3n) is 3.64. The zero-order valence-corrected chi connectivity index (χ0v) is 11.7. The van der Waals surface area contributed by atoms with Crippen LogP contribution in [0.5, 0.6) is 0 Å². The lowest BCUT2D eigenvalue weighted by Crippen LogP contribution is -2.30. The molecule has 0 spiro atoms. The Morgan fingerprint density at radius 3 is 2.75 bits per heavy atom. The first-order chi connectivity index (χ1) is 9.88. The van der Waals surface area contributed by atoms with Crippen LogP contribution in [0.25, 0.3) is 10.9 Å². The number of rotatable bonds is 4. The highest BCUT2D eigenvalue weighted by Gasteiger charge is 2.16. The first kappa shape index (κ1) is 12.9. The summed E-state index contributed by atoms with van der Waals surface area (Å²) in [6.45, 7) is 6.57. The van der Waals surface area contributed by atoms with Gasteiger partial charge in [0.15, 0.2) is 0 Å². The summed E-state index contributed by atoms with van der Waals surface area (Å²) in [4.78, 5) is 11.7. The van der Waals surface area contributed by atoms with Gasteiger partial charge in [0.05, 0.1) is 5.52 Å². The minimum atomic E-state index is 0.678. The van der Waals surface area contributed by atoms with Crippen molar-refractivity contribution in [1.82, 2.24) is 9.97 Å². The first-order valence-electron chi connectivity index (χ1n) is 7.25. The largest absolute Gasteiger partial charge is 0.356 e. The van der Waals surface area contributed by atoms with Crippen molar-refractivity contribution in [3.63, 3.8) is 0 Å². The number of anilines is 2. The third kappa shape index (κ3) is 2.59. The van der Waals surface area contributed by atoms with E-state index in [0.29, 0.717) is 12.5 Å². The van der Waals surface area contributed by atoms with Crippen LogP contribution in [-0.4, -0.2) is 29.6 Å². The van der Waals surface area contributed by atoms with Gasteiger partial charge >= 0.3 is 0 Å². The number of nitrogens with zero attached hydrogens (tertiary/aromatic N) is 3. The van der Waals surface area contributed by atoms with Crippen molar-refractivity contribution in [3.05, 3.63) is 36.9 Å². The molecule has 4 heteroatoms. The molecule has 1 aromatic heterocycles. The molecule has 2 aromatic rings. The van der Waals surface area contributed by atoms with Crippen LogP contribution in [0.2, 0.25) is 0 Å². The van der Waals surface area contributed by atoms with Crippen LogP contribution in [0.4, 0.5) is 11.8 Å². The maximum absolute atomic E-state index is 4.72. The van der Waals surface area contributed by atoms with Crippen molar-refractivity contribution in [1.29, 1.82) is 0 Å². The first-order valence-corrected chi connectivity index (χ1v) is 7.25. The predicted molar refractivity (Wildman–Crippen MR) is 84.3 cm³/mol. The Kier molecular flexibility index (Phi) is 3.81. The minimum absolute atomic E-state index is 0.678. The van der Waals surface area contributed by atoms with Crippen LogP contribution in [0, 0.1) is 0 Å². The monoisotopic (exact) mass is 268 g/mol. The number of hydrogen-bond donors (Lipinski definition) is 1. The van der Waals surface area contributed by atoms with Gasteiger partial charge in [-0.3, -0.25) is 0 Å². The fourth-order valence-corrected chi connectivity index (χ4v) is 2.65. The molecule has 1 N–H and O–H groups in total. The second-order valence-corrected chi connectivity index (χ2v) is 5.11. The van der Waals surface area contributed by atoms with Gasteiger partial charge in [0.25, 0.3) is 0 Å². The summed E-state index contributed by atoms with van der Waals surface area (Å²) in [7, 11) is 0. The molecule has 0 unspecified atom stereocenters. The zero-order chi connectivity index (χ0) is 13.8. The van der Waals surface area contributed by atoms with Gasteiger partial charge in [-0.25, -0.2) is 4.98 Å². The lowest BCUT2D eigenvalue weighted by Gasteiger charge is -2.28. The van der Waals surface area contributed by atoms with Crippen LogP contribution < -0.4 is 10.2 Å². The van der Waals surface area contributed by atoms with E-state index in [1.165, 1.54) is 19.3 Å². The molecule has 1 saturated heterocycles. The molecule has 20 heavy (non-hydrogen) atoms. The van der Waals surface area contributed by atoms with E-state index in [-0.39, 0.29) is 0 Å². The second kappa shape index (κ2) is 5.90. The van der Waals surface area contributed by atoms with E-state index in [1.807, 2.05) is 18.2 Å². The van der Waals surface area contributed by atoms with E-state index in [0.717, 1.165) is 29.8 Å². The molecule has 1 aliphatic rings. The molecule has 0 radical (unpaired) electrons. The van der Waals surface area contributed by atoms with Gasteiger partial charge in [-0.05, 0) is 31.4 Å². The third-order valence-corrected chi connectivity index (χ3v) is 3.64. The van der Waals surface area contributed by atoms with E-state index < -0.39 is 0 Å². The van der Waals surface area contributed by atoms with E-state index >= 15 is 0 Å². The molecule has 104 valence electrons. The number of benzene rings is 1. The Balaban J connectivity index is 2.04. The quantitative estimate of drug-likeness (QED) is 0.864. The van der Waals surface area contributed by atoms with Gasteiger partial charge in [-0.15, -0.1) is 6.58 Å². The minimum Gasteiger partial charge on any atom is -0.356 e. The average molecular weight is 268 g/mol. The summed E-state index contributed by atoms with van der Waals surface area (Å²) in [6.07, 6.45) is 5.63. The Bertz CT molecular complexity index is 602. The number of aromatic nitrogens is 2. The van der Waals surface area contributed by atoms with Gasteiger partial charge in [0, 0.05) is 25.0 Å². The maximum Gasteiger partial charge on any atom is 0.225 e. The van der Waals surface area contributed by atoms with Gasteiger partial charge in [-0.1, -0.05) is 18.2 Å². The molecule has 0 amide bonds. The predicted octanol–water partition coefficient (Wildman–Crippen LogP) is 3.22. The summed E-state index contributed by atoms with van der Waals surface area (Å²) in [5, 5.41) is 4.34. The Hall–Kier alpha value is -2.10. The van der Waals surface area contributed by atoms with Crippen molar-refractivity contribution in [2.75, 3.05) is 29.9 Å². The Morgan fingerprint density at radius 1 is 1.15 bits per heavy atom. The molecule has 1 aromatic carbocycles. The van der Waals surface area contributed by atoms with Gasteiger partial charge in [0.1, 0.15) is 5.82 Å². The van der Waals surface area contributed by atoms with Crippen LogP contribution >= 0.6 is 0 Å². The van der Waals surface area contributed by atoms with Crippen LogP contribution in [0.3, 0.4) is 0 Å². The number of fused-ring (bicyclic) bond motifs is 1. The van der Waals surface area contributed by atoms with Gasteiger partial charge in [0.2, 0.25) is 5.95 Å². The summed E-state index contributed by atoms with van der Waals surface area (Å²) < 4.78 is 0. The molecular weight excluding hydrogens is 248 g/mol. The summed E-state index contributed by atoms with van der Waals surface area (Å²) in [5.41, 5.74) is 0.995. The molecule has 4 nitrogen and oxygen atoms in total. The average Bonchev–Trinajstić information content (AvgIpc) is 2.53. The number of hydrogen-bond acceptors (Lipinski definition) is 4. The molecule has 3 rings (SSSR count). The van der Waals surface area contributed by atoms with E-state index in [9.17, 15) is 0 Å². The highest BCUT2D eigenvalue weighted by Crippen LogP contribution is 2.27. The summed E-state index contributed by atoms with van der Waals surface area (Å²) >= 11 is 0. The molecule has 1 fully saturated rings. The highest BCUT2D eigenvalue weighted by molar-refractivity contribution is 5.90. The van der Waals surface area contributed by atoms with E-state index in [2.05, 4.69) is 33.9 Å². The van der Waals surface area contributed by atoms with Crippen molar-refractivity contribution >= 4 is 22.7 Å². The number of para-hydroxylation sites is 1. The van der Waals surface area contributed by atoms with Crippen LogP contribution in [0.15, 0.2) is 36.9 Å². The van der Waals surface area contributed by atoms with Crippen molar-refractivity contribution in [2.45, 2.75) is 19.3 Å². The molecule has 1 aliphatic heterocycles. The van der Waals surface area contributed by atoms with Gasteiger partial charge < -0.3 is 10.2 Å². The SMILES string of the molecule is C=CCNc1nc(N2CCCCC2)c2ccccc2n1. The molecule has 0 aliphatic carbocycles. The van der Waals surface area contributed by atoms with E-state index in [4.69, 9.17) is 4.98 Å². The molecule has 2 heterocycles. The Labute approximate surface area is 119 Å². The molecule has 0 atom stereocenters. The number of nitrogens with one attached hydrogen (secondary N) is 1. The molecular formula is C16H20N4. The normalized spacial score (nSPS) is 15.3. The standard InChI is InChI=1S/C16H20N4/c1-2-10-17-16-18-14-9-5-4-8-13(14)15(19-16)20-11-6-3-7-12-20/h2,4-5,8-9H,1,3,6-7,10-12H2,(H,17,18,19). The summed E-state index contributed by atoms with van der Waals surface area (Å²) in [5.74, 6) is 1.74. The highest BCUT2D eigenvalue weighted by atomic mass is 15.2. The second-order valence-electron chi connectivity index (χ2n) is 5.11. The van der Waals surface area contributed by atoms with Crippen LogP contribution in [0.1, 0.15) is 19.3 Å². The molecule has 0 bridgehead atoms. The number of piperidine rings is 1. The van der Waals surface area contributed by atoms with Gasteiger partial charge in [-0.2, -0.15) is 4.98 Å². The summed E-state index contributed by atoms with van der Waals surface area (Å²) in [6, 6.07) is 8.22. The van der Waals surface area contributed by atoms with E-state index in [1.54, 1.807) is 0 Å². The lowest BCUT2D eigenvalue weighted by atomic mass is 10.1. The fraction of sp³-hybridized carbons (Fsp3) is 0.375. The van der Waals surface area contributed by atoms with Crippen molar-refractivity contribution < 1.29 is 0 Å². The Morgan fingerprint density at radius 2 is 1.95 bits per heavy atom. The fourth-order valence-electron chi connectivity index (χ4n) is 2.65. The maximum atomic E-state index is 4.72.